The lowest BCUT2D eigenvalue weighted by Crippen LogP contribution is -2.17. The lowest BCUT2D eigenvalue weighted by Gasteiger charge is -2.31. The third-order valence-corrected chi connectivity index (χ3v) is 7.03. The van der Waals surface area contributed by atoms with E-state index in [1.807, 2.05) is 12.3 Å². The van der Waals surface area contributed by atoms with E-state index in [1.165, 1.54) is 32.7 Å². The fourth-order valence-electron chi connectivity index (χ4n) is 5.01. The maximum Gasteiger partial charge on any atom is 0.127 e. The van der Waals surface area contributed by atoms with E-state index in [4.69, 9.17) is 0 Å². The van der Waals surface area contributed by atoms with Gasteiger partial charge in [0, 0.05) is 4.90 Å². The highest BCUT2D eigenvalue weighted by molar-refractivity contribution is 7.98. The van der Waals surface area contributed by atoms with Crippen LogP contribution in [0.5, 0.6) is 0 Å². The molecule has 0 aromatic heterocycles. The Labute approximate surface area is 169 Å². The second kappa shape index (κ2) is 6.93. The molecule has 0 nitrogen and oxygen atoms in total. The number of halogens is 1. The van der Waals surface area contributed by atoms with Gasteiger partial charge in [0.05, 0.1) is 0 Å². The van der Waals surface area contributed by atoms with Crippen LogP contribution in [0.2, 0.25) is 0 Å². The molecule has 0 heterocycles. The van der Waals surface area contributed by atoms with Crippen LogP contribution in [-0.2, 0) is 6.42 Å². The normalized spacial score (nSPS) is 19.1. The maximum absolute atomic E-state index is 14.7. The zero-order valence-electron chi connectivity index (χ0n) is 16.2. The maximum atomic E-state index is 14.7. The van der Waals surface area contributed by atoms with Gasteiger partial charge in [0.25, 0.3) is 0 Å². The van der Waals surface area contributed by atoms with Crippen molar-refractivity contribution < 1.29 is 4.39 Å². The van der Waals surface area contributed by atoms with Crippen molar-refractivity contribution in [3.05, 3.63) is 89.2 Å². The number of hydrogen-bond acceptors (Lipinski definition) is 1. The summed E-state index contributed by atoms with van der Waals surface area (Å²) in [6, 6.07) is 23.4. The van der Waals surface area contributed by atoms with Crippen LogP contribution in [0.15, 0.2) is 71.6 Å². The molecule has 1 aliphatic rings. The average molecular weight is 387 g/mol. The van der Waals surface area contributed by atoms with Crippen LogP contribution >= 0.6 is 11.8 Å². The highest BCUT2D eigenvalue weighted by atomic mass is 32.2. The molecular formula is C26H23FS. The molecule has 0 saturated heterocycles. The Morgan fingerprint density at radius 2 is 1.71 bits per heavy atom. The Balaban J connectivity index is 1.61. The molecule has 4 aromatic carbocycles. The molecular weight excluding hydrogens is 363 g/mol. The van der Waals surface area contributed by atoms with E-state index in [0.29, 0.717) is 5.92 Å². The predicted octanol–water partition coefficient (Wildman–Crippen LogP) is 7.69. The minimum absolute atomic E-state index is 0.0562. The van der Waals surface area contributed by atoms with Gasteiger partial charge in [-0.2, -0.15) is 0 Å². The average Bonchev–Trinajstić information content (AvgIpc) is 2.72. The van der Waals surface area contributed by atoms with E-state index < -0.39 is 0 Å². The SMILES string of the molecule is CSc1ccc(C2Cc3ccc4c(ccc5ccccc54)c3C(C)C2)c(F)c1. The summed E-state index contributed by atoms with van der Waals surface area (Å²) < 4.78 is 14.7. The fraction of sp³-hybridized carbons (Fsp3) is 0.231. The highest BCUT2D eigenvalue weighted by Crippen LogP contribution is 2.44. The standard InChI is InChI=1S/C26H23FS/c1-16-13-19(22-12-9-20(28-2)15-25(22)27)14-18-8-10-23-21-6-4-3-5-17(21)7-11-24(23)26(16)18/h3-12,15-16,19H,13-14H2,1-2H3. The molecule has 28 heavy (non-hydrogen) atoms. The molecule has 5 rings (SSSR count). The van der Waals surface area contributed by atoms with Crippen LogP contribution in [-0.4, -0.2) is 6.26 Å². The van der Waals surface area contributed by atoms with Gasteiger partial charge < -0.3 is 0 Å². The Kier molecular flexibility index (Phi) is 4.40. The van der Waals surface area contributed by atoms with Gasteiger partial charge in [0.2, 0.25) is 0 Å². The lowest BCUT2D eigenvalue weighted by atomic mass is 9.73. The summed E-state index contributed by atoms with van der Waals surface area (Å²) in [5.74, 6) is 0.605. The van der Waals surface area contributed by atoms with Crippen LogP contribution in [0.4, 0.5) is 4.39 Å². The second-order valence-electron chi connectivity index (χ2n) is 7.95. The van der Waals surface area contributed by atoms with E-state index in [0.717, 1.165) is 23.3 Å². The third kappa shape index (κ3) is 2.82. The van der Waals surface area contributed by atoms with Gasteiger partial charge in [-0.15, -0.1) is 11.8 Å². The summed E-state index contributed by atoms with van der Waals surface area (Å²) in [4.78, 5) is 0.989. The second-order valence-corrected chi connectivity index (χ2v) is 8.83. The van der Waals surface area contributed by atoms with Crippen molar-refractivity contribution in [2.75, 3.05) is 6.26 Å². The van der Waals surface area contributed by atoms with Crippen molar-refractivity contribution in [1.82, 2.24) is 0 Å². The van der Waals surface area contributed by atoms with Crippen LogP contribution in [0.25, 0.3) is 21.5 Å². The molecule has 4 aromatic rings. The van der Waals surface area contributed by atoms with E-state index in [9.17, 15) is 4.39 Å². The number of benzene rings is 4. The monoisotopic (exact) mass is 386 g/mol. The van der Waals surface area contributed by atoms with Gasteiger partial charge in [0.15, 0.2) is 0 Å². The molecule has 140 valence electrons. The van der Waals surface area contributed by atoms with Gasteiger partial charge in [0.1, 0.15) is 5.82 Å². The first-order valence-corrected chi connectivity index (χ1v) is 11.1. The first-order chi connectivity index (χ1) is 13.7. The molecule has 2 atom stereocenters. The Morgan fingerprint density at radius 1 is 0.893 bits per heavy atom. The van der Waals surface area contributed by atoms with Crippen molar-refractivity contribution in [2.45, 2.75) is 36.5 Å². The summed E-state index contributed by atoms with van der Waals surface area (Å²) in [6.45, 7) is 2.30. The lowest BCUT2D eigenvalue weighted by molar-refractivity contribution is 0.493. The first-order valence-electron chi connectivity index (χ1n) is 9.92. The molecule has 2 heteroatoms. The van der Waals surface area contributed by atoms with Crippen LogP contribution < -0.4 is 0 Å². The van der Waals surface area contributed by atoms with Gasteiger partial charge in [-0.1, -0.05) is 61.5 Å². The quantitative estimate of drug-likeness (QED) is 0.251. The number of thioether (sulfide) groups is 1. The van der Waals surface area contributed by atoms with E-state index in [2.05, 4.69) is 61.5 Å². The largest absolute Gasteiger partial charge is 0.207 e. The molecule has 0 amide bonds. The summed E-state index contributed by atoms with van der Waals surface area (Å²) in [5.41, 5.74) is 3.70. The van der Waals surface area contributed by atoms with Crippen molar-refractivity contribution >= 4 is 33.3 Å². The molecule has 0 N–H and O–H groups in total. The fourth-order valence-corrected chi connectivity index (χ4v) is 5.44. The first kappa shape index (κ1) is 17.8. The van der Waals surface area contributed by atoms with Crippen LogP contribution in [0.3, 0.4) is 0 Å². The molecule has 0 saturated carbocycles. The highest BCUT2D eigenvalue weighted by Gasteiger charge is 2.28. The van der Waals surface area contributed by atoms with Crippen molar-refractivity contribution in [2.24, 2.45) is 0 Å². The van der Waals surface area contributed by atoms with Crippen molar-refractivity contribution in [3.63, 3.8) is 0 Å². The zero-order valence-corrected chi connectivity index (χ0v) is 17.0. The summed E-state index contributed by atoms with van der Waals surface area (Å²) in [7, 11) is 0. The van der Waals surface area contributed by atoms with Gasteiger partial charge in [-0.05, 0) is 81.3 Å². The number of rotatable bonds is 2. The minimum Gasteiger partial charge on any atom is -0.207 e. The predicted molar refractivity (Wildman–Crippen MR) is 119 cm³/mol. The summed E-state index contributed by atoms with van der Waals surface area (Å²) in [6.07, 6.45) is 3.90. The van der Waals surface area contributed by atoms with Crippen LogP contribution in [0, 0.1) is 5.82 Å². The number of fused-ring (bicyclic) bond motifs is 5. The van der Waals surface area contributed by atoms with E-state index in [-0.39, 0.29) is 11.7 Å². The molecule has 2 unspecified atom stereocenters. The Hall–Kier alpha value is -2.32. The summed E-state index contributed by atoms with van der Waals surface area (Å²) in [5, 5.41) is 5.29. The Morgan fingerprint density at radius 3 is 2.54 bits per heavy atom. The molecule has 1 aliphatic carbocycles. The number of hydrogen-bond donors (Lipinski definition) is 0. The molecule has 0 aliphatic heterocycles. The van der Waals surface area contributed by atoms with Gasteiger partial charge >= 0.3 is 0 Å². The van der Waals surface area contributed by atoms with E-state index in [1.54, 1.807) is 17.8 Å². The third-order valence-electron chi connectivity index (χ3n) is 6.30. The molecule has 0 radical (unpaired) electrons. The van der Waals surface area contributed by atoms with Crippen LogP contribution in [0.1, 0.15) is 41.9 Å². The van der Waals surface area contributed by atoms with Gasteiger partial charge in [-0.25, -0.2) is 4.39 Å². The molecule has 0 spiro atoms. The molecule has 0 fully saturated rings. The van der Waals surface area contributed by atoms with Crippen molar-refractivity contribution in [3.8, 4) is 0 Å². The minimum atomic E-state index is -0.0562. The zero-order chi connectivity index (χ0) is 19.3. The summed E-state index contributed by atoms with van der Waals surface area (Å²) >= 11 is 1.59. The van der Waals surface area contributed by atoms with Crippen molar-refractivity contribution in [1.29, 1.82) is 0 Å². The topological polar surface area (TPSA) is 0 Å². The van der Waals surface area contributed by atoms with E-state index >= 15 is 0 Å². The Bertz CT molecular complexity index is 1190. The smallest absolute Gasteiger partial charge is 0.127 e. The van der Waals surface area contributed by atoms with Gasteiger partial charge in [-0.3, -0.25) is 0 Å². The molecule has 0 bridgehead atoms.